The summed E-state index contributed by atoms with van der Waals surface area (Å²) in [5.74, 6) is -0.0852. The van der Waals surface area contributed by atoms with Crippen LogP contribution in [0.1, 0.15) is 32.6 Å². The Balaban J connectivity index is 1.44. The van der Waals surface area contributed by atoms with E-state index in [4.69, 9.17) is 9.47 Å². The number of benzene rings is 1. The number of urea groups is 1. The number of ether oxygens (including phenoxy) is 2. The van der Waals surface area contributed by atoms with Crippen LogP contribution in [0.3, 0.4) is 0 Å². The second-order valence-electron chi connectivity index (χ2n) is 8.58. The summed E-state index contributed by atoms with van der Waals surface area (Å²) in [5, 5.41) is 2.62. The molecule has 9 nitrogen and oxygen atoms in total. The van der Waals surface area contributed by atoms with E-state index in [0.717, 1.165) is 29.1 Å². The first-order valence-electron chi connectivity index (χ1n) is 10.5. The van der Waals surface area contributed by atoms with Crippen LogP contribution in [-0.2, 0) is 14.4 Å². The number of nitrogens with zero attached hydrogens (tertiary/aromatic N) is 2. The quantitative estimate of drug-likeness (QED) is 0.527. The molecule has 2 aliphatic carbocycles. The summed E-state index contributed by atoms with van der Waals surface area (Å²) < 4.78 is 10.3. The van der Waals surface area contributed by atoms with Crippen molar-refractivity contribution in [2.45, 2.75) is 38.6 Å². The molecule has 1 N–H and O–H groups in total. The van der Waals surface area contributed by atoms with Gasteiger partial charge < -0.3 is 14.8 Å². The molecule has 1 heterocycles. The van der Waals surface area contributed by atoms with Crippen LogP contribution in [0.5, 0.6) is 11.5 Å². The van der Waals surface area contributed by atoms with Crippen molar-refractivity contribution in [2.24, 2.45) is 17.8 Å². The summed E-state index contributed by atoms with van der Waals surface area (Å²) in [4.78, 5) is 52.3. The normalized spacial score (nSPS) is 25.9. The first-order chi connectivity index (χ1) is 14.8. The number of rotatable bonds is 7. The lowest BCUT2D eigenvalue weighted by Crippen LogP contribution is -2.45. The summed E-state index contributed by atoms with van der Waals surface area (Å²) in [6, 6.07) is 3.75. The van der Waals surface area contributed by atoms with Gasteiger partial charge in [-0.2, -0.15) is 0 Å². The fraction of sp³-hybridized carbons (Fsp3) is 0.545. The van der Waals surface area contributed by atoms with Crippen molar-refractivity contribution < 1.29 is 28.7 Å². The Morgan fingerprint density at radius 1 is 1.06 bits per heavy atom. The van der Waals surface area contributed by atoms with Gasteiger partial charge in [0.2, 0.25) is 5.91 Å². The van der Waals surface area contributed by atoms with Crippen LogP contribution in [0, 0.1) is 17.8 Å². The van der Waals surface area contributed by atoms with Gasteiger partial charge in [-0.15, -0.1) is 0 Å². The highest BCUT2D eigenvalue weighted by atomic mass is 16.5. The van der Waals surface area contributed by atoms with E-state index in [9.17, 15) is 19.2 Å². The molecule has 0 unspecified atom stereocenters. The molecule has 1 aromatic rings. The summed E-state index contributed by atoms with van der Waals surface area (Å²) in [6.07, 6.45) is 4.43. The van der Waals surface area contributed by atoms with Crippen LogP contribution in [-0.4, -0.2) is 60.4 Å². The lowest BCUT2D eigenvalue weighted by molar-refractivity contribution is -0.144. The lowest BCUT2D eigenvalue weighted by Gasteiger charge is -2.32. The first-order valence-corrected chi connectivity index (χ1v) is 10.5. The average Bonchev–Trinajstić information content (AvgIpc) is 3.44. The summed E-state index contributed by atoms with van der Waals surface area (Å²) in [5.41, 5.74) is 0.388. The van der Waals surface area contributed by atoms with Crippen LogP contribution in [0.15, 0.2) is 18.2 Å². The minimum absolute atomic E-state index is 0.220. The maximum atomic E-state index is 12.9. The topological polar surface area (TPSA) is 105 Å². The molecule has 4 atom stereocenters. The van der Waals surface area contributed by atoms with E-state index in [1.54, 1.807) is 18.2 Å². The third kappa shape index (κ3) is 3.84. The summed E-state index contributed by atoms with van der Waals surface area (Å²) in [7, 11) is 2.97. The van der Waals surface area contributed by atoms with Crippen molar-refractivity contribution in [3.63, 3.8) is 0 Å². The standard InChI is InChI=1S/C22H27N3O6/c1-12(18-7-13-4-5-14(18)6-13)25-21(28)20(27)24(22(25)29)11-19(26)23-15-8-16(30-2)10-17(9-15)31-3/h8-10,12-14,18H,4-7,11H2,1-3H3,(H,23,26)/t12-,13-,14-,18-/m0/s1. The number of fused-ring (bicyclic) bond motifs is 2. The smallest absolute Gasteiger partial charge is 0.334 e. The minimum atomic E-state index is -0.960. The molecule has 31 heavy (non-hydrogen) atoms. The molecule has 1 aromatic carbocycles. The van der Waals surface area contributed by atoms with Gasteiger partial charge in [0.1, 0.15) is 18.0 Å². The van der Waals surface area contributed by atoms with Crippen molar-refractivity contribution in [3.05, 3.63) is 18.2 Å². The number of imide groups is 2. The fourth-order valence-electron chi connectivity index (χ4n) is 5.32. The molecule has 1 saturated heterocycles. The molecular formula is C22H27N3O6. The summed E-state index contributed by atoms with van der Waals surface area (Å²) >= 11 is 0. The number of hydrogen-bond donors (Lipinski definition) is 1. The number of hydrogen-bond acceptors (Lipinski definition) is 6. The van der Waals surface area contributed by atoms with Gasteiger partial charge in [-0.3, -0.25) is 19.3 Å². The lowest BCUT2D eigenvalue weighted by atomic mass is 9.83. The monoisotopic (exact) mass is 429 g/mol. The van der Waals surface area contributed by atoms with Crippen molar-refractivity contribution in [1.29, 1.82) is 0 Å². The highest BCUT2D eigenvalue weighted by Gasteiger charge is 2.52. The number of methoxy groups -OCH3 is 2. The van der Waals surface area contributed by atoms with Gasteiger partial charge in [0.05, 0.1) is 14.2 Å². The Labute approximate surface area is 180 Å². The van der Waals surface area contributed by atoms with Gasteiger partial charge in [-0.25, -0.2) is 9.69 Å². The number of amides is 5. The number of nitrogens with one attached hydrogen (secondary N) is 1. The zero-order chi connectivity index (χ0) is 22.3. The molecule has 5 amide bonds. The zero-order valence-corrected chi connectivity index (χ0v) is 17.9. The van der Waals surface area contributed by atoms with Crippen LogP contribution in [0.25, 0.3) is 0 Å². The fourth-order valence-corrected chi connectivity index (χ4v) is 5.32. The maximum absolute atomic E-state index is 12.9. The molecule has 166 valence electrons. The third-order valence-corrected chi connectivity index (χ3v) is 6.84. The minimum Gasteiger partial charge on any atom is -0.497 e. The SMILES string of the molecule is COc1cc(NC(=O)CN2C(=O)C(=O)N([C@@H](C)[C@@H]3C[C@H]4CC[C@H]3C4)C2=O)cc(OC)c1. The molecule has 0 aromatic heterocycles. The van der Waals surface area contributed by atoms with Crippen LogP contribution in [0.4, 0.5) is 10.5 Å². The van der Waals surface area contributed by atoms with Crippen molar-refractivity contribution >= 4 is 29.4 Å². The van der Waals surface area contributed by atoms with E-state index in [0.29, 0.717) is 29.0 Å². The molecule has 2 saturated carbocycles. The highest BCUT2D eigenvalue weighted by Crippen LogP contribution is 2.50. The number of carbonyl (C=O) groups is 4. The Hall–Kier alpha value is -3.10. The molecule has 0 radical (unpaired) electrons. The van der Waals surface area contributed by atoms with E-state index in [1.165, 1.54) is 20.6 Å². The Morgan fingerprint density at radius 2 is 1.74 bits per heavy atom. The molecule has 4 rings (SSSR count). The maximum Gasteiger partial charge on any atom is 0.334 e. The van der Waals surface area contributed by atoms with Gasteiger partial charge >= 0.3 is 17.8 Å². The van der Waals surface area contributed by atoms with Gasteiger partial charge in [-0.05, 0) is 43.9 Å². The van der Waals surface area contributed by atoms with Crippen molar-refractivity contribution in [3.8, 4) is 11.5 Å². The molecule has 3 aliphatic rings. The Bertz CT molecular complexity index is 910. The van der Waals surface area contributed by atoms with Crippen molar-refractivity contribution in [2.75, 3.05) is 26.1 Å². The predicted molar refractivity (Wildman–Crippen MR) is 111 cm³/mol. The van der Waals surface area contributed by atoms with Crippen molar-refractivity contribution in [1.82, 2.24) is 9.80 Å². The number of carbonyl (C=O) groups excluding carboxylic acids is 4. The van der Waals surface area contributed by atoms with Crippen LogP contribution >= 0.6 is 0 Å². The highest BCUT2D eigenvalue weighted by molar-refractivity contribution is 6.45. The van der Waals surface area contributed by atoms with Gasteiger partial charge in [-0.1, -0.05) is 6.42 Å². The predicted octanol–water partition coefficient (Wildman–Crippen LogP) is 2.26. The van der Waals surface area contributed by atoms with E-state index >= 15 is 0 Å². The Morgan fingerprint density at radius 3 is 2.29 bits per heavy atom. The van der Waals surface area contributed by atoms with E-state index in [1.807, 2.05) is 6.92 Å². The van der Waals surface area contributed by atoms with Gasteiger partial charge in [0.15, 0.2) is 0 Å². The zero-order valence-electron chi connectivity index (χ0n) is 17.9. The first kappa shape index (κ1) is 21.1. The second-order valence-corrected chi connectivity index (χ2v) is 8.58. The van der Waals surface area contributed by atoms with Crippen LogP contribution < -0.4 is 14.8 Å². The summed E-state index contributed by atoms with van der Waals surface area (Å²) in [6.45, 7) is 1.30. The molecule has 3 fully saturated rings. The number of anilines is 1. The molecule has 9 heteroatoms. The molecule has 0 spiro atoms. The molecule has 2 bridgehead atoms. The van der Waals surface area contributed by atoms with E-state index in [2.05, 4.69) is 5.32 Å². The molecular weight excluding hydrogens is 402 g/mol. The van der Waals surface area contributed by atoms with Gasteiger partial charge in [0, 0.05) is 29.9 Å². The van der Waals surface area contributed by atoms with Crippen LogP contribution in [0.2, 0.25) is 0 Å². The third-order valence-electron chi connectivity index (χ3n) is 6.84. The largest absolute Gasteiger partial charge is 0.497 e. The second kappa shape index (κ2) is 8.20. The Kier molecular flexibility index (Phi) is 5.60. The van der Waals surface area contributed by atoms with E-state index < -0.39 is 30.3 Å². The van der Waals surface area contributed by atoms with E-state index in [-0.39, 0.29) is 12.0 Å². The average molecular weight is 429 g/mol. The molecule has 1 aliphatic heterocycles. The van der Waals surface area contributed by atoms with Gasteiger partial charge in [0.25, 0.3) is 0 Å².